The Bertz CT molecular complexity index is 136. The summed E-state index contributed by atoms with van der Waals surface area (Å²) in [6.45, 7) is 6.94. The van der Waals surface area contributed by atoms with Crippen LogP contribution in [0.4, 0.5) is 0 Å². The minimum Gasteiger partial charge on any atom is -0.309 e. The fraction of sp³-hybridized carbons (Fsp3) is 1.00. The Balaban J connectivity index is 2.48. The van der Waals surface area contributed by atoms with Crippen LogP contribution in [0.15, 0.2) is 0 Å². The number of rotatable bonds is 4. The molecule has 0 amide bonds. The van der Waals surface area contributed by atoms with Crippen molar-refractivity contribution in [2.45, 2.75) is 77.3 Å². The van der Waals surface area contributed by atoms with Gasteiger partial charge in [0.2, 0.25) is 0 Å². The molecule has 0 bridgehead atoms. The van der Waals surface area contributed by atoms with Crippen molar-refractivity contribution in [1.82, 2.24) is 5.32 Å². The molecule has 0 radical (unpaired) electrons. The van der Waals surface area contributed by atoms with Crippen LogP contribution in [0.25, 0.3) is 0 Å². The average molecular weight is 183 g/mol. The molecule has 1 nitrogen and oxygen atoms in total. The second kappa shape index (κ2) is 4.99. The van der Waals surface area contributed by atoms with Gasteiger partial charge in [0.1, 0.15) is 0 Å². The van der Waals surface area contributed by atoms with Gasteiger partial charge < -0.3 is 5.32 Å². The van der Waals surface area contributed by atoms with Gasteiger partial charge in [0.15, 0.2) is 0 Å². The zero-order valence-corrected chi connectivity index (χ0v) is 9.53. The predicted octanol–water partition coefficient (Wildman–Crippen LogP) is 3.49. The average Bonchev–Trinajstić information content (AvgIpc) is 2.19. The van der Waals surface area contributed by atoms with Gasteiger partial charge in [-0.3, -0.25) is 0 Å². The van der Waals surface area contributed by atoms with Gasteiger partial charge in [0, 0.05) is 11.6 Å². The summed E-state index contributed by atoms with van der Waals surface area (Å²) in [6.07, 6.45) is 9.49. The van der Waals surface area contributed by atoms with Crippen LogP contribution in [0, 0.1) is 0 Å². The fourth-order valence-electron chi connectivity index (χ4n) is 2.64. The smallest absolute Gasteiger partial charge is 0.0178 e. The Morgan fingerprint density at radius 2 is 1.92 bits per heavy atom. The van der Waals surface area contributed by atoms with Crippen LogP contribution in [-0.2, 0) is 0 Å². The third-order valence-corrected chi connectivity index (χ3v) is 3.71. The number of hydrogen-bond acceptors (Lipinski definition) is 1. The molecule has 1 unspecified atom stereocenters. The lowest BCUT2D eigenvalue weighted by Gasteiger charge is -2.41. The first kappa shape index (κ1) is 11.0. The first-order valence-electron chi connectivity index (χ1n) is 6.04. The van der Waals surface area contributed by atoms with Crippen LogP contribution < -0.4 is 5.32 Å². The summed E-state index contributed by atoms with van der Waals surface area (Å²) in [5.41, 5.74) is 0.484. The van der Waals surface area contributed by atoms with Gasteiger partial charge in [-0.05, 0) is 32.1 Å². The lowest BCUT2D eigenvalue weighted by atomic mass is 9.81. The lowest BCUT2D eigenvalue weighted by Crippen LogP contribution is -2.52. The SMILES string of the molecule is CCCC1CCCC(CC)(CC)N1. The maximum atomic E-state index is 3.87. The summed E-state index contributed by atoms with van der Waals surface area (Å²) >= 11 is 0. The van der Waals surface area contributed by atoms with E-state index < -0.39 is 0 Å². The van der Waals surface area contributed by atoms with E-state index in [9.17, 15) is 0 Å². The van der Waals surface area contributed by atoms with Gasteiger partial charge in [-0.1, -0.05) is 33.6 Å². The second-order valence-electron chi connectivity index (χ2n) is 4.51. The van der Waals surface area contributed by atoms with E-state index in [1.165, 1.54) is 44.9 Å². The lowest BCUT2D eigenvalue weighted by molar-refractivity contribution is 0.185. The summed E-state index contributed by atoms with van der Waals surface area (Å²) in [5.74, 6) is 0. The Kier molecular flexibility index (Phi) is 4.24. The largest absolute Gasteiger partial charge is 0.309 e. The monoisotopic (exact) mass is 183 g/mol. The topological polar surface area (TPSA) is 12.0 Å². The maximum absolute atomic E-state index is 3.87. The standard InChI is InChI=1S/C12H25N/c1-4-8-11-9-7-10-12(5-2,6-3)13-11/h11,13H,4-10H2,1-3H3. The Hall–Kier alpha value is -0.0400. The highest BCUT2D eigenvalue weighted by molar-refractivity contribution is 4.92. The highest BCUT2D eigenvalue weighted by Gasteiger charge is 2.31. The van der Waals surface area contributed by atoms with E-state index >= 15 is 0 Å². The molecule has 78 valence electrons. The van der Waals surface area contributed by atoms with Crippen LogP contribution in [-0.4, -0.2) is 11.6 Å². The summed E-state index contributed by atoms with van der Waals surface area (Å²) in [5, 5.41) is 3.87. The van der Waals surface area contributed by atoms with Crippen molar-refractivity contribution >= 4 is 0 Å². The molecule has 13 heavy (non-hydrogen) atoms. The van der Waals surface area contributed by atoms with Crippen molar-refractivity contribution < 1.29 is 0 Å². The second-order valence-corrected chi connectivity index (χ2v) is 4.51. The van der Waals surface area contributed by atoms with Gasteiger partial charge in [0.25, 0.3) is 0 Å². The zero-order valence-electron chi connectivity index (χ0n) is 9.53. The number of hydrogen-bond donors (Lipinski definition) is 1. The molecule has 0 spiro atoms. The van der Waals surface area contributed by atoms with Gasteiger partial charge >= 0.3 is 0 Å². The van der Waals surface area contributed by atoms with E-state index in [-0.39, 0.29) is 0 Å². The molecule has 1 aliphatic heterocycles. The van der Waals surface area contributed by atoms with Gasteiger partial charge in [-0.2, -0.15) is 0 Å². The summed E-state index contributed by atoms with van der Waals surface area (Å²) in [6, 6.07) is 0.804. The molecule has 0 aromatic heterocycles. The van der Waals surface area contributed by atoms with E-state index in [0.29, 0.717) is 5.54 Å². The Morgan fingerprint density at radius 3 is 2.46 bits per heavy atom. The molecule has 1 heteroatoms. The van der Waals surface area contributed by atoms with Crippen LogP contribution in [0.5, 0.6) is 0 Å². The quantitative estimate of drug-likeness (QED) is 0.703. The zero-order chi connectivity index (χ0) is 9.73. The number of piperidine rings is 1. The van der Waals surface area contributed by atoms with E-state index in [2.05, 4.69) is 26.1 Å². The molecule has 1 aliphatic rings. The summed E-state index contributed by atoms with van der Waals surface area (Å²) in [4.78, 5) is 0. The van der Waals surface area contributed by atoms with Gasteiger partial charge in [0.05, 0.1) is 0 Å². The molecule has 0 aromatic carbocycles. The number of nitrogens with one attached hydrogen (secondary N) is 1. The normalized spacial score (nSPS) is 27.5. The predicted molar refractivity (Wildman–Crippen MR) is 59.0 cm³/mol. The summed E-state index contributed by atoms with van der Waals surface area (Å²) < 4.78 is 0. The van der Waals surface area contributed by atoms with Crippen molar-refractivity contribution in [1.29, 1.82) is 0 Å². The molecule has 1 fully saturated rings. The first-order chi connectivity index (χ1) is 6.26. The van der Waals surface area contributed by atoms with Crippen molar-refractivity contribution in [3.63, 3.8) is 0 Å². The highest BCUT2D eigenvalue weighted by atomic mass is 15.0. The maximum Gasteiger partial charge on any atom is 0.0178 e. The third kappa shape index (κ3) is 2.70. The minimum absolute atomic E-state index is 0.484. The molecule has 1 heterocycles. The molecule has 0 saturated carbocycles. The van der Waals surface area contributed by atoms with Crippen LogP contribution in [0.2, 0.25) is 0 Å². The minimum atomic E-state index is 0.484. The first-order valence-corrected chi connectivity index (χ1v) is 6.04. The van der Waals surface area contributed by atoms with E-state index in [1.807, 2.05) is 0 Å². The molecule has 1 N–H and O–H groups in total. The van der Waals surface area contributed by atoms with Gasteiger partial charge in [-0.15, -0.1) is 0 Å². The third-order valence-electron chi connectivity index (χ3n) is 3.71. The van der Waals surface area contributed by atoms with Crippen molar-refractivity contribution in [2.24, 2.45) is 0 Å². The summed E-state index contributed by atoms with van der Waals surface area (Å²) in [7, 11) is 0. The highest BCUT2D eigenvalue weighted by Crippen LogP contribution is 2.29. The van der Waals surface area contributed by atoms with Crippen molar-refractivity contribution in [2.75, 3.05) is 0 Å². The van der Waals surface area contributed by atoms with Crippen LogP contribution >= 0.6 is 0 Å². The Labute approximate surface area is 83.3 Å². The van der Waals surface area contributed by atoms with Crippen molar-refractivity contribution in [3.05, 3.63) is 0 Å². The van der Waals surface area contributed by atoms with Gasteiger partial charge in [-0.25, -0.2) is 0 Å². The fourth-order valence-corrected chi connectivity index (χ4v) is 2.64. The van der Waals surface area contributed by atoms with Crippen LogP contribution in [0.3, 0.4) is 0 Å². The molecule has 0 aromatic rings. The molecule has 1 saturated heterocycles. The van der Waals surface area contributed by atoms with E-state index in [1.54, 1.807) is 0 Å². The molecule has 0 aliphatic carbocycles. The molecular formula is C12H25N. The molecular weight excluding hydrogens is 158 g/mol. The van der Waals surface area contributed by atoms with E-state index in [4.69, 9.17) is 0 Å². The molecule has 1 atom stereocenters. The molecule has 1 rings (SSSR count). The van der Waals surface area contributed by atoms with Crippen molar-refractivity contribution in [3.8, 4) is 0 Å². The Morgan fingerprint density at radius 1 is 1.23 bits per heavy atom. The van der Waals surface area contributed by atoms with Crippen LogP contribution in [0.1, 0.15) is 65.7 Å². The van der Waals surface area contributed by atoms with E-state index in [0.717, 1.165) is 6.04 Å².